The fourth-order valence-corrected chi connectivity index (χ4v) is 6.73. The van der Waals surface area contributed by atoms with E-state index in [9.17, 15) is 14.9 Å². The highest BCUT2D eigenvalue weighted by Crippen LogP contribution is 2.38. The Balaban J connectivity index is 1.55. The van der Waals surface area contributed by atoms with Gasteiger partial charge in [-0.25, -0.2) is 0 Å². The smallest absolute Gasteiger partial charge is 0.270 e. The van der Waals surface area contributed by atoms with Crippen LogP contribution in [0.15, 0.2) is 35.9 Å². The van der Waals surface area contributed by atoms with Crippen LogP contribution in [0.4, 0.5) is 5.69 Å². The first-order valence-corrected chi connectivity index (χ1v) is 13.3. The van der Waals surface area contributed by atoms with Crippen molar-refractivity contribution in [2.45, 2.75) is 52.9 Å². The zero-order chi connectivity index (χ0) is 25.6. The molecule has 0 spiro atoms. The van der Waals surface area contributed by atoms with Gasteiger partial charge in [-0.3, -0.25) is 19.8 Å². The molecule has 6 nitrogen and oxygen atoms in total. The predicted octanol–water partition coefficient (Wildman–Crippen LogP) is 5.30. The van der Waals surface area contributed by atoms with Gasteiger partial charge in [0.2, 0.25) is 0 Å². The molecule has 1 aliphatic carbocycles. The molecule has 1 aromatic carbocycles. The molecule has 1 aliphatic heterocycles. The second-order valence-electron chi connectivity index (χ2n) is 9.14. The number of anilines is 1. The van der Waals surface area contributed by atoms with Crippen LogP contribution in [0.2, 0.25) is 0 Å². The van der Waals surface area contributed by atoms with Gasteiger partial charge >= 0.3 is 0 Å². The normalized spacial score (nSPS) is 16.8. The summed E-state index contributed by atoms with van der Waals surface area (Å²) < 4.78 is 2.07. The molecular formula is C28H26N4O2S2. The maximum absolute atomic E-state index is 13.5. The van der Waals surface area contributed by atoms with E-state index in [0.29, 0.717) is 5.69 Å². The van der Waals surface area contributed by atoms with Gasteiger partial charge < -0.3 is 4.57 Å². The highest BCUT2D eigenvalue weighted by atomic mass is 32.1. The Labute approximate surface area is 219 Å². The van der Waals surface area contributed by atoms with Crippen molar-refractivity contribution < 1.29 is 9.59 Å². The van der Waals surface area contributed by atoms with Gasteiger partial charge in [0.15, 0.2) is 5.11 Å². The van der Waals surface area contributed by atoms with Gasteiger partial charge in [0.05, 0.1) is 11.3 Å². The third-order valence-electron chi connectivity index (χ3n) is 6.94. The van der Waals surface area contributed by atoms with Gasteiger partial charge in [-0.1, -0.05) is 19.1 Å². The molecule has 0 bridgehead atoms. The lowest BCUT2D eigenvalue weighted by Gasteiger charge is -2.29. The fraction of sp³-hybridized carbons (Fsp3) is 0.286. The van der Waals surface area contributed by atoms with Crippen LogP contribution in [0.3, 0.4) is 0 Å². The molecule has 1 fully saturated rings. The van der Waals surface area contributed by atoms with Crippen LogP contribution >= 0.6 is 23.6 Å². The highest BCUT2D eigenvalue weighted by molar-refractivity contribution is 7.80. The number of nitrogens with one attached hydrogen (secondary N) is 1. The molecule has 1 N–H and O–H groups in total. The molecule has 2 aliphatic rings. The summed E-state index contributed by atoms with van der Waals surface area (Å²) in [6.45, 7) is 6.00. The number of nitriles is 1. The molecule has 0 unspecified atom stereocenters. The standard InChI is InChI=1S/C28H26N4O2S2/c1-4-18-9-11-20(12-10-18)32-26(34)22(25(33)30-28(32)35)14-19-13-16(2)31(17(19)3)27-23(15-29)21-7-5-6-8-24(21)36-27/h9-14H,4-8H2,1-3H3,(H,30,33,35)/b22-14+. The lowest BCUT2D eigenvalue weighted by Crippen LogP contribution is -2.54. The molecule has 36 heavy (non-hydrogen) atoms. The van der Waals surface area contributed by atoms with Crippen LogP contribution in [0.5, 0.6) is 0 Å². The number of nitrogens with zero attached hydrogens (tertiary/aromatic N) is 3. The van der Waals surface area contributed by atoms with Crippen LogP contribution in [0, 0.1) is 25.2 Å². The minimum absolute atomic E-state index is 0.0226. The van der Waals surface area contributed by atoms with E-state index in [4.69, 9.17) is 12.2 Å². The Morgan fingerprint density at radius 3 is 2.58 bits per heavy atom. The number of fused-ring (bicyclic) bond motifs is 1. The molecule has 1 saturated heterocycles. The molecule has 0 saturated carbocycles. The Morgan fingerprint density at radius 1 is 1.17 bits per heavy atom. The summed E-state index contributed by atoms with van der Waals surface area (Å²) >= 11 is 7.02. The number of carbonyl (C=O) groups is 2. The number of hydrogen-bond donors (Lipinski definition) is 1. The minimum atomic E-state index is -0.513. The van der Waals surface area contributed by atoms with E-state index in [1.807, 2.05) is 44.2 Å². The number of benzene rings is 1. The average Bonchev–Trinajstić information content (AvgIpc) is 3.37. The summed E-state index contributed by atoms with van der Waals surface area (Å²) in [6, 6.07) is 12.0. The third-order valence-corrected chi connectivity index (χ3v) is 8.50. The second-order valence-corrected chi connectivity index (χ2v) is 10.6. The first kappa shape index (κ1) is 24.2. The van der Waals surface area contributed by atoms with Gasteiger partial charge in [0.25, 0.3) is 11.8 Å². The number of aromatic nitrogens is 1. The Morgan fingerprint density at radius 2 is 1.89 bits per heavy atom. The zero-order valence-corrected chi connectivity index (χ0v) is 22.1. The van der Waals surface area contributed by atoms with Crippen molar-refractivity contribution in [1.29, 1.82) is 5.26 Å². The van der Waals surface area contributed by atoms with Crippen LogP contribution in [0.25, 0.3) is 11.1 Å². The van der Waals surface area contributed by atoms with Crippen LogP contribution in [0.1, 0.15) is 58.3 Å². The third kappa shape index (κ3) is 3.98. The van der Waals surface area contributed by atoms with Gasteiger partial charge in [-0.05, 0) is 99.1 Å². The minimum Gasteiger partial charge on any atom is -0.308 e. The quantitative estimate of drug-likeness (QED) is 0.291. The van der Waals surface area contributed by atoms with Crippen molar-refractivity contribution in [1.82, 2.24) is 9.88 Å². The average molecular weight is 515 g/mol. The van der Waals surface area contributed by atoms with E-state index < -0.39 is 11.8 Å². The van der Waals surface area contributed by atoms with Crippen molar-refractivity contribution in [3.05, 3.63) is 74.4 Å². The van der Waals surface area contributed by atoms with E-state index in [1.165, 1.54) is 15.3 Å². The summed E-state index contributed by atoms with van der Waals surface area (Å²) in [7, 11) is 0. The number of rotatable bonds is 4. The van der Waals surface area contributed by atoms with Crippen LogP contribution < -0.4 is 10.2 Å². The number of thiophene rings is 1. The van der Waals surface area contributed by atoms with Gasteiger partial charge in [0.1, 0.15) is 16.6 Å². The van der Waals surface area contributed by atoms with Gasteiger partial charge in [-0.15, -0.1) is 11.3 Å². The molecule has 2 aromatic heterocycles. The van der Waals surface area contributed by atoms with E-state index >= 15 is 0 Å². The summed E-state index contributed by atoms with van der Waals surface area (Å²) in [5, 5.41) is 13.6. The van der Waals surface area contributed by atoms with E-state index in [1.54, 1.807) is 17.4 Å². The summed E-state index contributed by atoms with van der Waals surface area (Å²) in [5.41, 5.74) is 6.29. The van der Waals surface area contributed by atoms with Crippen LogP contribution in [-0.2, 0) is 28.9 Å². The van der Waals surface area contributed by atoms with Crippen molar-refractivity contribution >= 4 is 52.2 Å². The molecule has 0 radical (unpaired) electrons. The number of carbonyl (C=O) groups excluding carboxylic acids is 2. The lowest BCUT2D eigenvalue weighted by molar-refractivity contribution is -0.122. The summed E-state index contributed by atoms with van der Waals surface area (Å²) in [5.74, 6) is -0.970. The maximum Gasteiger partial charge on any atom is 0.270 e. The summed E-state index contributed by atoms with van der Waals surface area (Å²) in [4.78, 5) is 29.0. The monoisotopic (exact) mass is 514 g/mol. The second kappa shape index (κ2) is 9.49. The van der Waals surface area contributed by atoms with E-state index in [-0.39, 0.29) is 10.7 Å². The van der Waals surface area contributed by atoms with Crippen molar-refractivity contribution in [2.24, 2.45) is 0 Å². The molecule has 182 valence electrons. The topological polar surface area (TPSA) is 78.1 Å². The van der Waals surface area contributed by atoms with Crippen molar-refractivity contribution in [3.63, 3.8) is 0 Å². The number of thiocarbonyl (C=S) groups is 1. The van der Waals surface area contributed by atoms with E-state index in [0.717, 1.165) is 65.2 Å². The number of hydrogen-bond acceptors (Lipinski definition) is 5. The number of amides is 2. The fourth-order valence-electron chi connectivity index (χ4n) is 5.00. The molecule has 3 aromatic rings. The predicted molar refractivity (Wildman–Crippen MR) is 147 cm³/mol. The molecule has 5 rings (SSSR count). The Bertz CT molecular complexity index is 1480. The molecule has 0 atom stereocenters. The first-order chi connectivity index (χ1) is 17.3. The Hall–Kier alpha value is -3.54. The van der Waals surface area contributed by atoms with Crippen molar-refractivity contribution in [2.75, 3.05) is 4.90 Å². The lowest BCUT2D eigenvalue weighted by atomic mass is 9.96. The van der Waals surface area contributed by atoms with Crippen molar-refractivity contribution in [3.8, 4) is 11.1 Å². The van der Waals surface area contributed by atoms with Gasteiger partial charge in [-0.2, -0.15) is 5.26 Å². The SMILES string of the molecule is CCc1ccc(N2C(=O)/C(=C/c3cc(C)n(-c4sc5c(c4C#N)CCCC5)c3C)C(=O)NC2=S)cc1. The molecule has 3 heterocycles. The molecule has 2 amide bonds. The van der Waals surface area contributed by atoms with E-state index in [2.05, 4.69) is 22.9 Å². The Kier molecular flexibility index (Phi) is 6.37. The van der Waals surface area contributed by atoms with Crippen LogP contribution in [-0.4, -0.2) is 21.5 Å². The number of aryl methyl sites for hydroxylation is 3. The zero-order valence-electron chi connectivity index (χ0n) is 20.5. The first-order valence-electron chi connectivity index (χ1n) is 12.1. The largest absolute Gasteiger partial charge is 0.308 e. The molecular weight excluding hydrogens is 488 g/mol. The maximum atomic E-state index is 13.5. The summed E-state index contributed by atoms with van der Waals surface area (Å²) in [6.07, 6.45) is 6.72. The molecule has 8 heteroatoms. The van der Waals surface area contributed by atoms with Gasteiger partial charge in [0, 0.05) is 16.3 Å². The highest BCUT2D eigenvalue weighted by Gasteiger charge is 2.35.